The molecule has 20 heavy (non-hydrogen) atoms. The van der Waals surface area contributed by atoms with E-state index in [0.29, 0.717) is 0 Å². The Morgan fingerprint density at radius 1 is 1.50 bits per heavy atom. The van der Waals surface area contributed by atoms with Crippen LogP contribution in [0.15, 0.2) is 6.20 Å². The minimum atomic E-state index is -1.09. The number of amides is 2. The Kier molecular flexibility index (Phi) is 6.40. The zero-order valence-electron chi connectivity index (χ0n) is 11.7. The SMILES string of the molecule is COCCC(NC(=O)NC(C)c1ncc(C)s1)C(=O)O. The number of nitrogens with one attached hydrogen (secondary N) is 2. The molecule has 112 valence electrons. The first-order valence-electron chi connectivity index (χ1n) is 6.15. The molecule has 2 amide bonds. The van der Waals surface area contributed by atoms with Crippen LogP contribution in [0.25, 0.3) is 0 Å². The standard InChI is InChI=1S/C12H19N3O4S/c1-7-6-13-10(20-7)8(2)14-12(18)15-9(11(16)17)4-5-19-3/h6,8-9H,4-5H2,1-3H3,(H,16,17)(H2,14,15,18). The molecular weight excluding hydrogens is 282 g/mol. The molecule has 7 nitrogen and oxygen atoms in total. The number of aryl methyl sites for hydroxylation is 1. The molecule has 0 aliphatic carbocycles. The van der Waals surface area contributed by atoms with Gasteiger partial charge >= 0.3 is 12.0 Å². The van der Waals surface area contributed by atoms with Crippen LogP contribution in [0.5, 0.6) is 0 Å². The van der Waals surface area contributed by atoms with E-state index in [1.54, 1.807) is 13.1 Å². The van der Waals surface area contributed by atoms with E-state index in [4.69, 9.17) is 9.84 Å². The Morgan fingerprint density at radius 3 is 2.70 bits per heavy atom. The second-order valence-electron chi connectivity index (χ2n) is 4.32. The number of hydrogen-bond acceptors (Lipinski definition) is 5. The van der Waals surface area contributed by atoms with Crippen LogP contribution in [-0.4, -0.2) is 41.8 Å². The Morgan fingerprint density at radius 2 is 2.20 bits per heavy atom. The highest BCUT2D eigenvalue weighted by Crippen LogP contribution is 2.18. The van der Waals surface area contributed by atoms with Gasteiger partial charge in [0.05, 0.1) is 6.04 Å². The minimum absolute atomic E-state index is 0.212. The Bertz CT molecular complexity index is 463. The van der Waals surface area contributed by atoms with Crippen LogP contribution in [0.1, 0.15) is 29.3 Å². The number of hydrogen-bond donors (Lipinski definition) is 3. The Balaban J connectivity index is 2.50. The number of carboxylic acids is 1. The third-order valence-electron chi connectivity index (χ3n) is 2.57. The van der Waals surface area contributed by atoms with E-state index < -0.39 is 18.0 Å². The van der Waals surface area contributed by atoms with Crippen LogP contribution in [0.3, 0.4) is 0 Å². The number of aliphatic carboxylic acids is 1. The van der Waals surface area contributed by atoms with Gasteiger partial charge in [-0.25, -0.2) is 14.6 Å². The van der Waals surface area contributed by atoms with Crippen LogP contribution in [0.2, 0.25) is 0 Å². The highest BCUT2D eigenvalue weighted by molar-refractivity contribution is 7.11. The summed E-state index contributed by atoms with van der Waals surface area (Å²) in [7, 11) is 1.48. The van der Waals surface area contributed by atoms with E-state index in [1.165, 1.54) is 18.4 Å². The number of carboxylic acid groups (broad SMARTS) is 1. The van der Waals surface area contributed by atoms with E-state index in [0.717, 1.165) is 9.88 Å². The largest absolute Gasteiger partial charge is 0.480 e. The summed E-state index contributed by atoms with van der Waals surface area (Å²) in [5.74, 6) is -1.09. The van der Waals surface area contributed by atoms with Gasteiger partial charge in [0.1, 0.15) is 11.0 Å². The van der Waals surface area contributed by atoms with Crippen molar-refractivity contribution >= 4 is 23.3 Å². The molecule has 2 atom stereocenters. The number of ether oxygens (including phenoxy) is 1. The highest BCUT2D eigenvalue weighted by Gasteiger charge is 2.21. The first-order valence-corrected chi connectivity index (χ1v) is 6.96. The van der Waals surface area contributed by atoms with Crippen molar-refractivity contribution in [2.24, 2.45) is 0 Å². The lowest BCUT2D eigenvalue weighted by molar-refractivity contribution is -0.139. The molecule has 0 aliphatic rings. The molecular formula is C12H19N3O4S. The number of methoxy groups -OCH3 is 1. The molecule has 0 aromatic carbocycles. The third kappa shape index (κ3) is 5.14. The van der Waals surface area contributed by atoms with Gasteiger partial charge in [0, 0.05) is 31.2 Å². The molecule has 0 saturated heterocycles. The summed E-state index contributed by atoms with van der Waals surface area (Å²) in [6, 6.07) is -1.78. The van der Waals surface area contributed by atoms with Gasteiger partial charge < -0.3 is 20.5 Å². The second-order valence-corrected chi connectivity index (χ2v) is 5.59. The van der Waals surface area contributed by atoms with Crippen molar-refractivity contribution in [2.75, 3.05) is 13.7 Å². The quantitative estimate of drug-likeness (QED) is 0.705. The molecule has 8 heteroatoms. The van der Waals surface area contributed by atoms with Gasteiger partial charge in [-0.15, -0.1) is 11.3 Å². The number of carbonyl (C=O) groups excluding carboxylic acids is 1. The normalized spacial score (nSPS) is 13.6. The van der Waals surface area contributed by atoms with Gasteiger partial charge in [-0.1, -0.05) is 0 Å². The molecule has 0 radical (unpaired) electrons. The van der Waals surface area contributed by atoms with Crippen LogP contribution in [0, 0.1) is 6.92 Å². The summed E-state index contributed by atoms with van der Waals surface area (Å²) in [6.07, 6.45) is 1.94. The second kappa shape index (κ2) is 7.81. The molecule has 0 saturated carbocycles. The maximum Gasteiger partial charge on any atom is 0.326 e. The average molecular weight is 301 g/mol. The molecule has 1 aromatic rings. The van der Waals surface area contributed by atoms with E-state index in [-0.39, 0.29) is 19.1 Å². The lowest BCUT2D eigenvalue weighted by Crippen LogP contribution is -2.47. The average Bonchev–Trinajstić information content (AvgIpc) is 2.80. The predicted octanol–water partition coefficient (Wildman–Crippen LogP) is 1.30. The van der Waals surface area contributed by atoms with Gasteiger partial charge in [-0.2, -0.15) is 0 Å². The molecule has 0 aliphatic heterocycles. The highest BCUT2D eigenvalue weighted by atomic mass is 32.1. The van der Waals surface area contributed by atoms with E-state index in [1.807, 2.05) is 6.92 Å². The van der Waals surface area contributed by atoms with Crippen LogP contribution >= 0.6 is 11.3 Å². The smallest absolute Gasteiger partial charge is 0.326 e. The summed E-state index contributed by atoms with van der Waals surface area (Å²) in [4.78, 5) is 28.0. The molecule has 1 heterocycles. The minimum Gasteiger partial charge on any atom is -0.480 e. The van der Waals surface area contributed by atoms with Crippen molar-refractivity contribution in [3.63, 3.8) is 0 Å². The predicted molar refractivity (Wildman–Crippen MR) is 74.9 cm³/mol. The van der Waals surface area contributed by atoms with Crippen molar-refractivity contribution in [1.82, 2.24) is 15.6 Å². The Hall–Kier alpha value is -1.67. The lowest BCUT2D eigenvalue weighted by atomic mass is 10.2. The van der Waals surface area contributed by atoms with Crippen molar-refractivity contribution in [1.29, 1.82) is 0 Å². The van der Waals surface area contributed by atoms with Crippen LogP contribution in [-0.2, 0) is 9.53 Å². The fraction of sp³-hybridized carbons (Fsp3) is 0.583. The molecule has 1 rings (SSSR count). The molecule has 1 aromatic heterocycles. The van der Waals surface area contributed by atoms with Crippen molar-refractivity contribution in [3.8, 4) is 0 Å². The van der Waals surface area contributed by atoms with Gasteiger partial charge in [-0.3, -0.25) is 0 Å². The molecule has 2 unspecified atom stereocenters. The van der Waals surface area contributed by atoms with E-state index >= 15 is 0 Å². The van der Waals surface area contributed by atoms with Crippen LogP contribution in [0.4, 0.5) is 4.79 Å². The third-order valence-corrected chi connectivity index (χ3v) is 3.67. The monoisotopic (exact) mass is 301 g/mol. The van der Waals surface area contributed by atoms with Gasteiger partial charge in [0.25, 0.3) is 0 Å². The molecule has 3 N–H and O–H groups in total. The molecule has 0 fully saturated rings. The summed E-state index contributed by atoms with van der Waals surface area (Å²) >= 11 is 1.49. The number of nitrogens with zero attached hydrogens (tertiary/aromatic N) is 1. The van der Waals surface area contributed by atoms with Crippen molar-refractivity contribution < 1.29 is 19.4 Å². The summed E-state index contributed by atoms with van der Waals surface area (Å²) < 4.78 is 4.81. The van der Waals surface area contributed by atoms with E-state index in [9.17, 15) is 9.59 Å². The lowest BCUT2D eigenvalue weighted by Gasteiger charge is -2.17. The zero-order valence-corrected chi connectivity index (χ0v) is 12.5. The van der Waals surface area contributed by atoms with Crippen molar-refractivity contribution in [3.05, 3.63) is 16.1 Å². The number of aromatic nitrogens is 1. The Labute approximate surface area is 121 Å². The molecule has 0 spiro atoms. The summed E-state index contributed by atoms with van der Waals surface area (Å²) in [5.41, 5.74) is 0. The van der Waals surface area contributed by atoms with Gasteiger partial charge in [-0.05, 0) is 13.8 Å². The summed E-state index contributed by atoms with van der Waals surface area (Å²) in [6.45, 7) is 3.99. The number of urea groups is 1. The number of rotatable bonds is 7. The number of carbonyl (C=O) groups is 2. The van der Waals surface area contributed by atoms with Crippen molar-refractivity contribution in [2.45, 2.75) is 32.4 Å². The van der Waals surface area contributed by atoms with Crippen LogP contribution < -0.4 is 10.6 Å². The first-order chi connectivity index (χ1) is 9.43. The van der Waals surface area contributed by atoms with Gasteiger partial charge in [0.15, 0.2) is 0 Å². The fourth-order valence-corrected chi connectivity index (χ4v) is 2.30. The maximum absolute atomic E-state index is 11.8. The first kappa shape index (κ1) is 16.4. The fourth-order valence-electron chi connectivity index (χ4n) is 1.52. The zero-order chi connectivity index (χ0) is 15.1. The van der Waals surface area contributed by atoms with Gasteiger partial charge in [0.2, 0.25) is 0 Å². The van der Waals surface area contributed by atoms with E-state index in [2.05, 4.69) is 15.6 Å². The molecule has 0 bridgehead atoms. The number of thiazole rings is 1. The maximum atomic E-state index is 11.8. The topological polar surface area (TPSA) is 101 Å². The summed E-state index contributed by atoms with van der Waals surface area (Å²) in [5, 5.41) is 14.8.